The zero-order chi connectivity index (χ0) is 17.3. The predicted molar refractivity (Wildman–Crippen MR) is 105 cm³/mol. The molecule has 2 aromatic rings. The molecule has 122 valence electrons. The minimum Gasteiger partial charge on any atom is -0.422 e. The summed E-state index contributed by atoms with van der Waals surface area (Å²) in [5.74, 6) is 0.239. The molecule has 0 fully saturated rings. The fourth-order valence-electron chi connectivity index (χ4n) is 2.40. The van der Waals surface area contributed by atoms with E-state index in [0.717, 1.165) is 25.8 Å². The molecule has 0 amide bonds. The third kappa shape index (κ3) is 3.62. The molecule has 0 unspecified atom stereocenters. The largest absolute Gasteiger partial charge is 0.422 e. The second-order valence-electron chi connectivity index (χ2n) is 5.61. The Balaban J connectivity index is 1.91. The van der Waals surface area contributed by atoms with Crippen LogP contribution < -0.4 is 4.90 Å². The van der Waals surface area contributed by atoms with Crippen molar-refractivity contribution in [1.82, 2.24) is 0 Å². The number of carbonyl (C=O) groups excluding carboxylic acids is 1. The van der Waals surface area contributed by atoms with E-state index < -0.39 is 0 Å². The van der Waals surface area contributed by atoms with Crippen molar-refractivity contribution in [2.45, 2.75) is 0 Å². The summed E-state index contributed by atoms with van der Waals surface area (Å²) in [4.78, 5) is 14.1. The highest BCUT2D eigenvalue weighted by atomic mass is 79.9. The number of halogens is 2. The van der Waals surface area contributed by atoms with Gasteiger partial charge in [-0.25, -0.2) is 4.79 Å². The number of hydrogen-bond donors (Lipinski definition) is 0. The molecule has 3 nitrogen and oxygen atoms in total. The molecule has 1 aliphatic rings. The van der Waals surface area contributed by atoms with Crippen LogP contribution in [-0.4, -0.2) is 20.1 Å². The molecule has 0 spiro atoms. The molecule has 0 atom stereocenters. The van der Waals surface area contributed by atoms with Gasteiger partial charge in [-0.1, -0.05) is 34.1 Å². The minimum absolute atomic E-state index is 0.333. The monoisotopic (exact) mass is 447 g/mol. The van der Waals surface area contributed by atoms with Gasteiger partial charge in [0, 0.05) is 28.6 Å². The Morgan fingerprint density at radius 3 is 2.38 bits per heavy atom. The van der Waals surface area contributed by atoms with E-state index in [2.05, 4.69) is 31.9 Å². The third-order valence-corrected chi connectivity index (χ3v) is 4.79. The highest BCUT2D eigenvalue weighted by Crippen LogP contribution is 2.30. The molecule has 0 saturated carbocycles. The lowest BCUT2D eigenvalue weighted by Gasteiger charge is -2.14. The predicted octanol–water partition coefficient (Wildman–Crippen LogP) is 5.26. The van der Waals surface area contributed by atoms with Crippen molar-refractivity contribution >= 4 is 55.4 Å². The molecule has 5 heteroatoms. The van der Waals surface area contributed by atoms with Crippen LogP contribution in [0.3, 0.4) is 0 Å². The number of esters is 1. The average molecular weight is 449 g/mol. The maximum Gasteiger partial charge on any atom is 0.343 e. The number of cyclic esters (lactones) is 1. The third-order valence-electron chi connectivity index (χ3n) is 3.63. The van der Waals surface area contributed by atoms with E-state index in [-0.39, 0.29) is 5.97 Å². The molecule has 1 aliphatic heterocycles. The summed E-state index contributed by atoms with van der Waals surface area (Å²) in [6.45, 7) is 0. The van der Waals surface area contributed by atoms with E-state index in [1.54, 1.807) is 6.08 Å². The summed E-state index contributed by atoms with van der Waals surface area (Å²) in [6, 6.07) is 13.6. The van der Waals surface area contributed by atoms with Gasteiger partial charge >= 0.3 is 5.97 Å². The molecular formula is C19H15Br2NO2. The number of hydrogen-bond acceptors (Lipinski definition) is 3. The highest BCUT2D eigenvalue weighted by Gasteiger charge is 2.22. The van der Waals surface area contributed by atoms with Crippen LogP contribution in [0.1, 0.15) is 11.1 Å². The zero-order valence-corrected chi connectivity index (χ0v) is 16.4. The van der Waals surface area contributed by atoms with Gasteiger partial charge in [0.2, 0.25) is 0 Å². The average Bonchev–Trinajstić information content (AvgIpc) is 2.88. The number of rotatable bonds is 3. The van der Waals surface area contributed by atoms with Crippen molar-refractivity contribution in [2.24, 2.45) is 0 Å². The minimum atomic E-state index is -0.333. The second kappa shape index (κ2) is 6.95. The summed E-state index contributed by atoms with van der Waals surface area (Å²) in [5.41, 5.74) is 3.43. The molecule has 2 aromatic carbocycles. The summed E-state index contributed by atoms with van der Waals surface area (Å²) >= 11 is 6.96. The Labute approximate surface area is 157 Å². The topological polar surface area (TPSA) is 29.5 Å². The SMILES string of the molecule is CN(C)c1ccc(/C=C2\C=C(c3ccc(Br)cc3)OC2=O)cc1Br. The van der Waals surface area contributed by atoms with Crippen molar-refractivity contribution in [3.8, 4) is 0 Å². The van der Waals surface area contributed by atoms with Gasteiger partial charge in [0.15, 0.2) is 0 Å². The number of carbonyl (C=O) groups is 1. The Hall–Kier alpha value is -1.85. The van der Waals surface area contributed by atoms with Gasteiger partial charge in [0.05, 0.1) is 11.3 Å². The highest BCUT2D eigenvalue weighted by molar-refractivity contribution is 9.10. The van der Waals surface area contributed by atoms with E-state index in [9.17, 15) is 4.79 Å². The summed E-state index contributed by atoms with van der Waals surface area (Å²) in [5, 5.41) is 0. The first kappa shape index (κ1) is 17.0. The van der Waals surface area contributed by atoms with Crippen LogP contribution in [0, 0.1) is 0 Å². The van der Waals surface area contributed by atoms with Crippen LogP contribution in [0.5, 0.6) is 0 Å². The zero-order valence-electron chi connectivity index (χ0n) is 13.2. The fourth-order valence-corrected chi connectivity index (χ4v) is 3.42. The molecule has 0 bridgehead atoms. The summed E-state index contributed by atoms with van der Waals surface area (Å²) < 4.78 is 7.34. The van der Waals surface area contributed by atoms with E-state index in [0.29, 0.717) is 11.3 Å². The van der Waals surface area contributed by atoms with Crippen molar-refractivity contribution in [3.05, 3.63) is 74.2 Å². The van der Waals surface area contributed by atoms with Crippen molar-refractivity contribution < 1.29 is 9.53 Å². The molecule has 1 heterocycles. The summed E-state index contributed by atoms with van der Waals surface area (Å²) in [7, 11) is 3.97. The van der Waals surface area contributed by atoms with Gasteiger partial charge in [-0.3, -0.25) is 0 Å². The van der Waals surface area contributed by atoms with Crippen LogP contribution in [0.25, 0.3) is 11.8 Å². The number of anilines is 1. The van der Waals surface area contributed by atoms with Gasteiger partial charge < -0.3 is 9.64 Å². The van der Waals surface area contributed by atoms with E-state index >= 15 is 0 Å². The Morgan fingerprint density at radius 1 is 1.04 bits per heavy atom. The van der Waals surface area contributed by atoms with Gasteiger partial charge in [-0.05, 0) is 57.9 Å². The molecule has 3 rings (SSSR count). The lowest BCUT2D eigenvalue weighted by atomic mass is 10.1. The lowest BCUT2D eigenvalue weighted by Crippen LogP contribution is -2.09. The van der Waals surface area contributed by atoms with Crippen molar-refractivity contribution in [2.75, 3.05) is 19.0 Å². The maximum absolute atomic E-state index is 12.1. The van der Waals surface area contributed by atoms with Crippen LogP contribution >= 0.6 is 31.9 Å². The standard InChI is InChI=1S/C19H15Br2NO2/c1-22(2)17-8-3-12(10-16(17)21)9-14-11-18(24-19(14)23)13-4-6-15(20)7-5-13/h3-11H,1-2H3/b14-9+. The van der Waals surface area contributed by atoms with Gasteiger partial charge in [-0.15, -0.1) is 0 Å². The van der Waals surface area contributed by atoms with E-state index in [1.165, 1.54) is 0 Å². The summed E-state index contributed by atoms with van der Waals surface area (Å²) in [6.07, 6.45) is 3.61. The smallest absolute Gasteiger partial charge is 0.343 e. The number of nitrogens with zero attached hydrogens (tertiary/aromatic N) is 1. The molecule has 24 heavy (non-hydrogen) atoms. The van der Waals surface area contributed by atoms with Crippen LogP contribution in [0.15, 0.2) is 63.1 Å². The second-order valence-corrected chi connectivity index (χ2v) is 7.38. The van der Waals surface area contributed by atoms with Crippen LogP contribution in [-0.2, 0) is 9.53 Å². The Bertz CT molecular complexity index is 852. The number of benzene rings is 2. The van der Waals surface area contributed by atoms with Crippen molar-refractivity contribution in [1.29, 1.82) is 0 Å². The van der Waals surface area contributed by atoms with Crippen molar-refractivity contribution in [3.63, 3.8) is 0 Å². The maximum atomic E-state index is 12.1. The molecule has 0 aliphatic carbocycles. The first-order chi connectivity index (χ1) is 11.4. The normalized spacial score (nSPS) is 15.4. The first-order valence-corrected chi connectivity index (χ1v) is 8.91. The lowest BCUT2D eigenvalue weighted by molar-refractivity contribution is -0.130. The quantitative estimate of drug-likeness (QED) is 0.473. The fraction of sp³-hybridized carbons (Fsp3) is 0.105. The van der Waals surface area contributed by atoms with E-state index in [1.807, 2.05) is 67.5 Å². The van der Waals surface area contributed by atoms with Gasteiger partial charge in [0.1, 0.15) is 5.76 Å². The molecule has 0 aromatic heterocycles. The molecular weight excluding hydrogens is 434 g/mol. The Kier molecular flexibility index (Phi) is 4.92. The molecule has 0 N–H and O–H groups in total. The van der Waals surface area contributed by atoms with Crippen LogP contribution in [0.4, 0.5) is 5.69 Å². The number of ether oxygens (including phenoxy) is 1. The van der Waals surface area contributed by atoms with Gasteiger partial charge in [-0.2, -0.15) is 0 Å². The van der Waals surface area contributed by atoms with E-state index in [4.69, 9.17) is 4.74 Å². The Morgan fingerprint density at radius 2 is 1.75 bits per heavy atom. The first-order valence-electron chi connectivity index (χ1n) is 7.32. The molecule has 0 radical (unpaired) electrons. The van der Waals surface area contributed by atoms with Crippen LogP contribution in [0.2, 0.25) is 0 Å². The van der Waals surface area contributed by atoms with Gasteiger partial charge in [0.25, 0.3) is 0 Å². The molecule has 0 saturated heterocycles.